The van der Waals surface area contributed by atoms with Crippen LogP contribution < -0.4 is 5.32 Å². The van der Waals surface area contributed by atoms with E-state index in [0.717, 1.165) is 12.5 Å². The maximum Gasteiger partial charge on any atom is 0.416 e. The van der Waals surface area contributed by atoms with Crippen LogP contribution in [0.15, 0.2) is 18.2 Å². The maximum atomic E-state index is 12.8. The Morgan fingerprint density at radius 3 is 2.47 bits per heavy atom. The number of rotatable bonds is 1. The molecule has 1 saturated heterocycles. The summed E-state index contributed by atoms with van der Waals surface area (Å²) in [4.78, 5) is 0. The number of benzene rings is 1. The molecule has 0 aromatic heterocycles. The Morgan fingerprint density at radius 2 is 1.94 bits per heavy atom. The van der Waals surface area contributed by atoms with E-state index in [4.69, 9.17) is 0 Å². The lowest BCUT2D eigenvalue weighted by Gasteiger charge is -2.17. The Kier molecular flexibility index (Phi) is 4.38. The fourth-order valence-electron chi connectivity index (χ4n) is 2.03. The van der Waals surface area contributed by atoms with Gasteiger partial charge in [-0.2, -0.15) is 13.2 Å². The Bertz CT molecular complexity index is 386. The zero-order valence-electron chi connectivity index (χ0n) is 8.85. The molecule has 1 atom stereocenters. The van der Waals surface area contributed by atoms with Crippen LogP contribution in [0.3, 0.4) is 0 Å². The molecule has 0 saturated carbocycles. The van der Waals surface area contributed by atoms with Gasteiger partial charge in [0.1, 0.15) is 5.82 Å². The van der Waals surface area contributed by atoms with Crippen molar-refractivity contribution < 1.29 is 17.6 Å². The van der Waals surface area contributed by atoms with Crippen molar-refractivity contribution in [3.8, 4) is 0 Å². The molecule has 0 unspecified atom stereocenters. The number of nitrogens with one attached hydrogen (secondary N) is 1. The highest BCUT2D eigenvalue weighted by Crippen LogP contribution is 2.37. The largest absolute Gasteiger partial charge is 0.416 e. The molecule has 0 bridgehead atoms. The average molecular weight is 270 g/mol. The fraction of sp³-hybridized carbons (Fsp3) is 0.455. The average Bonchev–Trinajstić information content (AvgIpc) is 2.69. The summed E-state index contributed by atoms with van der Waals surface area (Å²) in [5.74, 6) is -0.853. The first-order chi connectivity index (χ1) is 7.48. The van der Waals surface area contributed by atoms with Gasteiger partial charge in [-0.3, -0.25) is 0 Å². The molecule has 1 fully saturated rings. The summed E-state index contributed by atoms with van der Waals surface area (Å²) in [5, 5.41) is 2.98. The van der Waals surface area contributed by atoms with E-state index in [9.17, 15) is 17.6 Å². The van der Waals surface area contributed by atoms with Crippen molar-refractivity contribution in [2.45, 2.75) is 25.1 Å². The van der Waals surface area contributed by atoms with E-state index in [0.29, 0.717) is 19.0 Å². The van der Waals surface area contributed by atoms with Crippen molar-refractivity contribution in [3.63, 3.8) is 0 Å². The molecule has 1 aliphatic heterocycles. The topological polar surface area (TPSA) is 12.0 Å². The molecule has 0 aliphatic carbocycles. The molecule has 0 amide bonds. The molecule has 1 N–H and O–H groups in total. The van der Waals surface area contributed by atoms with Gasteiger partial charge < -0.3 is 5.32 Å². The summed E-state index contributed by atoms with van der Waals surface area (Å²) in [6.45, 7) is 0.708. The Balaban J connectivity index is 0.00000144. The molecular weight excluding hydrogens is 258 g/mol. The molecule has 96 valence electrons. The van der Waals surface area contributed by atoms with Gasteiger partial charge in [-0.1, -0.05) is 6.07 Å². The lowest BCUT2D eigenvalue weighted by atomic mass is 9.98. The van der Waals surface area contributed by atoms with Gasteiger partial charge in [-0.05, 0) is 37.1 Å². The van der Waals surface area contributed by atoms with Gasteiger partial charge in [-0.25, -0.2) is 4.39 Å². The van der Waals surface area contributed by atoms with E-state index in [2.05, 4.69) is 5.32 Å². The Hall–Kier alpha value is -0.810. The van der Waals surface area contributed by atoms with Crippen LogP contribution in [0, 0.1) is 5.82 Å². The van der Waals surface area contributed by atoms with Crippen molar-refractivity contribution in [3.05, 3.63) is 35.1 Å². The third-order valence-electron chi connectivity index (χ3n) is 2.76. The third kappa shape index (κ3) is 3.10. The summed E-state index contributed by atoms with van der Waals surface area (Å²) in [7, 11) is 0. The predicted molar refractivity (Wildman–Crippen MR) is 58.6 cm³/mol. The molecular formula is C11H12ClF4N. The van der Waals surface area contributed by atoms with Crippen molar-refractivity contribution in [2.75, 3.05) is 6.54 Å². The first-order valence-corrected chi connectivity index (χ1v) is 5.08. The predicted octanol–water partition coefficient (Wildman–Crippen LogP) is 3.69. The van der Waals surface area contributed by atoms with Crippen LogP contribution >= 0.6 is 12.4 Å². The van der Waals surface area contributed by atoms with Gasteiger partial charge in [0.15, 0.2) is 0 Å². The van der Waals surface area contributed by atoms with Gasteiger partial charge in [0.05, 0.1) is 5.56 Å². The Labute approximate surface area is 103 Å². The van der Waals surface area contributed by atoms with E-state index in [1.54, 1.807) is 0 Å². The smallest absolute Gasteiger partial charge is 0.310 e. The van der Waals surface area contributed by atoms with Crippen LogP contribution in [0.5, 0.6) is 0 Å². The first kappa shape index (κ1) is 14.3. The highest BCUT2D eigenvalue weighted by atomic mass is 35.5. The summed E-state index contributed by atoms with van der Waals surface area (Å²) in [6.07, 6.45) is -2.99. The lowest BCUT2D eigenvalue weighted by molar-refractivity contribution is -0.138. The molecule has 6 heteroatoms. The number of halogens is 5. The Morgan fingerprint density at radius 1 is 1.24 bits per heavy atom. The van der Waals surface area contributed by atoms with Crippen molar-refractivity contribution in [1.29, 1.82) is 0 Å². The number of alkyl halides is 3. The summed E-state index contributed by atoms with van der Waals surface area (Å²) in [5.41, 5.74) is -0.724. The van der Waals surface area contributed by atoms with Crippen LogP contribution in [-0.4, -0.2) is 6.54 Å². The minimum absolute atomic E-state index is 0. The van der Waals surface area contributed by atoms with Gasteiger partial charge in [0.2, 0.25) is 0 Å². The molecule has 2 rings (SSSR count). The molecule has 1 aromatic carbocycles. The first-order valence-electron chi connectivity index (χ1n) is 5.08. The monoisotopic (exact) mass is 269 g/mol. The molecule has 17 heavy (non-hydrogen) atoms. The van der Waals surface area contributed by atoms with E-state index >= 15 is 0 Å². The second kappa shape index (κ2) is 5.23. The van der Waals surface area contributed by atoms with Gasteiger partial charge >= 0.3 is 6.18 Å². The minimum Gasteiger partial charge on any atom is -0.310 e. The summed E-state index contributed by atoms with van der Waals surface area (Å²) >= 11 is 0. The number of hydrogen-bond donors (Lipinski definition) is 1. The minimum atomic E-state index is -4.50. The zero-order chi connectivity index (χ0) is 11.8. The molecule has 1 aromatic rings. The SMILES string of the molecule is Cl.Fc1ccc([C@@H]2CCCN2)c(C(F)(F)F)c1. The summed E-state index contributed by atoms with van der Waals surface area (Å²) < 4.78 is 50.9. The van der Waals surface area contributed by atoms with E-state index in [-0.39, 0.29) is 24.0 Å². The highest BCUT2D eigenvalue weighted by Gasteiger charge is 2.36. The van der Waals surface area contributed by atoms with Crippen molar-refractivity contribution >= 4 is 12.4 Å². The molecule has 1 aliphatic rings. The quantitative estimate of drug-likeness (QED) is 0.767. The van der Waals surface area contributed by atoms with Crippen LogP contribution in [0.2, 0.25) is 0 Å². The van der Waals surface area contributed by atoms with Crippen molar-refractivity contribution in [1.82, 2.24) is 5.32 Å². The molecule has 0 radical (unpaired) electrons. The van der Waals surface area contributed by atoms with E-state index in [1.807, 2.05) is 0 Å². The van der Waals surface area contributed by atoms with Crippen LogP contribution in [0.1, 0.15) is 30.0 Å². The standard InChI is InChI=1S/C11H11F4N.ClH/c12-7-3-4-8(10-2-1-5-16-10)9(6-7)11(13,14)15;/h3-4,6,10,16H,1-2,5H2;1H/t10-;/m0./s1. The van der Waals surface area contributed by atoms with Crippen LogP contribution in [0.4, 0.5) is 17.6 Å². The maximum absolute atomic E-state index is 12.8. The van der Waals surface area contributed by atoms with Gasteiger partial charge in [0.25, 0.3) is 0 Å². The van der Waals surface area contributed by atoms with Crippen LogP contribution in [0.25, 0.3) is 0 Å². The zero-order valence-corrected chi connectivity index (χ0v) is 9.67. The van der Waals surface area contributed by atoms with E-state index < -0.39 is 17.6 Å². The normalized spacial score (nSPS) is 20.1. The number of hydrogen-bond acceptors (Lipinski definition) is 1. The van der Waals surface area contributed by atoms with E-state index in [1.165, 1.54) is 6.07 Å². The lowest BCUT2D eigenvalue weighted by Crippen LogP contribution is -2.18. The third-order valence-corrected chi connectivity index (χ3v) is 2.76. The highest BCUT2D eigenvalue weighted by molar-refractivity contribution is 5.85. The molecule has 1 nitrogen and oxygen atoms in total. The van der Waals surface area contributed by atoms with Gasteiger partial charge in [0, 0.05) is 6.04 Å². The second-order valence-electron chi connectivity index (χ2n) is 3.88. The second-order valence-corrected chi connectivity index (χ2v) is 3.88. The molecule has 0 spiro atoms. The summed E-state index contributed by atoms with van der Waals surface area (Å²) in [6, 6.07) is 2.55. The molecule has 1 heterocycles. The van der Waals surface area contributed by atoms with Gasteiger partial charge in [-0.15, -0.1) is 12.4 Å². The van der Waals surface area contributed by atoms with Crippen molar-refractivity contribution in [2.24, 2.45) is 0 Å². The fourth-order valence-corrected chi connectivity index (χ4v) is 2.03. The van der Waals surface area contributed by atoms with Crippen LogP contribution in [-0.2, 0) is 6.18 Å².